The molecular formula is C22H32BrN. The minimum atomic E-state index is 0.191. The number of nitriles is 1. The second kappa shape index (κ2) is 10.9. The lowest BCUT2D eigenvalue weighted by Gasteiger charge is -2.31. The number of benzene rings is 1. The van der Waals surface area contributed by atoms with E-state index in [1.165, 1.54) is 69.8 Å². The molecule has 0 bridgehead atoms. The van der Waals surface area contributed by atoms with Crippen molar-refractivity contribution in [3.63, 3.8) is 0 Å². The predicted molar refractivity (Wildman–Crippen MR) is 106 cm³/mol. The summed E-state index contributed by atoms with van der Waals surface area (Å²) in [5.74, 6) is 1.72. The zero-order valence-corrected chi connectivity index (χ0v) is 16.7. The summed E-state index contributed by atoms with van der Waals surface area (Å²) in [5.41, 5.74) is 1.29. The van der Waals surface area contributed by atoms with Crippen LogP contribution < -0.4 is 0 Å². The van der Waals surface area contributed by atoms with E-state index >= 15 is 0 Å². The zero-order chi connectivity index (χ0) is 17.2. The van der Waals surface area contributed by atoms with Crippen LogP contribution in [0.2, 0.25) is 0 Å². The van der Waals surface area contributed by atoms with Gasteiger partial charge in [-0.15, -0.1) is 0 Å². The largest absolute Gasteiger partial charge is 0.198 e. The monoisotopic (exact) mass is 389 g/mol. The van der Waals surface area contributed by atoms with Gasteiger partial charge in [0.15, 0.2) is 0 Å². The van der Waals surface area contributed by atoms with E-state index in [0.717, 1.165) is 16.8 Å². The van der Waals surface area contributed by atoms with Crippen LogP contribution in [0, 0.1) is 29.1 Å². The van der Waals surface area contributed by atoms with Gasteiger partial charge in [-0.2, -0.15) is 5.26 Å². The van der Waals surface area contributed by atoms with Gasteiger partial charge in [-0.25, -0.2) is 0 Å². The maximum absolute atomic E-state index is 9.62. The van der Waals surface area contributed by atoms with Crippen LogP contribution >= 0.6 is 15.9 Å². The third-order valence-electron chi connectivity index (χ3n) is 5.71. The quantitative estimate of drug-likeness (QED) is 0.406. The zero-order valence-electron chi connectivity index (χ0n) is 15.1. The molecule has 2 rings (SSSR count). The lowest BCUT2D eigenvalue weighted by molar-refractivity contribution is 0.220. The van der Waals surface area contributed by atoms with Gasteiger partial charge in [-0.3, -0.25) is 0 Å². The standard InChI is InChI=1S/C22H32BrN/c1-2-3-4-5-6-7-18-8-12-20(13-9-18)21(17-24)16-19-10-14-22(23)15-11-19/h10-11,14-15,18,20-21H,2-9,12-13,16H2,1H3/t18-,20-,21?. The Balaban J connectivity index is 1.71. The first kappa shape index (κ1) is 19.5. The molecule has 1 unspecified atom stereocenters. The van der Waals surface area contributed by atoms with Crippen LogP contribution in [0.1, 0.15) is 76.7 Å². The molecule has 0 aromatic heterocycles. The fraction of sp³-hybridized carbons (Fsp3) is 0.682. The number of nitrogens with zero attached hydrogens (tertiary/aromatic N) is 1. The Bertz CT molecular complexity index is 494. The molecule has 2 heteroatoms. The van der Waals surface area contributed by atoms with Crippen LogP contribution in [0.5, 0.6) is 0 Å². The van der Waals surface area contributed by atoms with Gasteiger partial charge in [0.1, 0.15) is 0 Å². The summed E-state index contributed by atoms with van der Waals surface area (Å²) in [4.78, 5) is 0. The lowest BCUT2D eigenvalue weighted by atomic mass is 9.73. The van der Waals surface area contributed by atoms with Gasteiger partial charge in [0.05, 0.1) is 12.0 Å². The molecule has 1 fully saturated rings. The average molecular weight is 390 g/mol. The molecule has 1 atom stereocenters. The summed E-state index contributed by atoms with van der Waals surface area (Å²) in [7, 11) is 0. The van der Waals surface area contributed by atoms with Crippen molar-refractivity contribution in [1.29, 1.82) is 5.26 Å². The predicted octanol–water partition coefficient (Wildman–Crippen LogP) is 7.30. The normalized spacial score (nSPS) is 22.0. The van der Waals surface area contributed by atoms with Gasteiger partial charge >= 0.3 is 0 Å². The Morgan fingerprint density at radius 2 is 1.71 bits per heavy atom. The van der Waals surface area contributed by atoms with Gasteiger partial charge < -0.3 is 0 Å². The van der Waals surface area contributed by atoms with E-state index in [1.807, 2.05) is 0 Å². The molecular weight excluding hydrogens is 358 g/mol. The Hall–Kier alpha value is -0.810. The van der Waals surface area contributed by atoms with Gasteiger partial charge in [0.25, 0.3) is 0 Å². The number of hydrogen-bond donors (Lipinski definition) is 0. The molecule has 1 aromatic carbocycles. The molecule has 1 saturated carbocycles. The molecule has 24 heavy (non-hydrogen) atoms. The maximum Gasteiger partial charge on any atom is 0.0662 e. The first-order valence-electron chi connectivity index (χ1n) is 9.87. The Labute approximate surface area is 157 Å². The summed E-state index contributed by atoms with van der Waals surface area (Å²) >= 11 is 3.48. The van der Waals surface area contributed by atoms with Crippen LogP contribution in [0.25, 0.3) is 0 Å². The van der Waals surface area contributed by atoms with E-state index in [2.05, 4.69) is 53.2 Å². The summed E-state index contributed by atoms with van der Waals surface area (Å²) in [6, 6.07) is 11.1. The van der Waals surface area contributed by atoms with Crippen LogP contribution in [0.3, 0.4) is 0 Å². The molecule has 0 heterocycles. The van der Waals surface area contributed by atoms with Crippen LogP contribution in [-0.4, -0.2) is 0 Å². The van der Waals surface area contributed by atoms with Crippen molar-refractivity contribution in [2.45, 2.75) is 77.6 Å². The van der Waals surface area contributed by atoms with E-state index in [4.69, 9.17) is 0 Å². The van der Waals surface area contributed by atoms with E-state index in [0.29, 0.717) is 5.92 Å². The summed E-state index contributed by atoms with van der Waals surface area (Å²) in [6.45, 7) is 2.28. The molecule has 1 nitrogen and oxygen atoms in total. The Morgan fingerprint density at radius 3 is 2.33 bits per heavy atom. The molecule has 0 N–H and O–H groups in total. The van der Waals surface area contributed by atoms with Crippen LogP contribution in [0.15, 0.2) is 28.7 Å². The first-order valence-corrected chi connectivity index (χ1v) is 10.7. The second-order valence-corrected chi connectivity index (χ2v) is 8.47. The van der Waals surface area contributed by atoms with Gasteiger partial charge in [-0.1, -0.05) is 86.4 Å². The highest BCUT2D eigenvalue weighted by Gasteiger charge is 2.27. The van der Waals surface area contributed by atoms with Crippen molar-refractivity contribution in [3.8, 4) is 6.07 Å². The van der Waals surface area contributed by atoms with E-state index in [1.54, 1.807) is 0 Å². The first-order chi connectivity index (χ1) is 11.7. The van der Waals surface area contributed by atoms with Crippen molar-refractivity contribution in [3.05, 3.63) is 34.3 Å². The van der Waals surface area contributed by atoms with Crippen molar-refractivity contribution >= 4 is 15.9 Å². The number of hydrogen-bond acceptors (Lipinski definition) is 1. The molecule has 0 saturated heterocycles. The molecule has 0 spiro atoms. The Kier molecular flexibility index (Phi) is 8.89. The summed E-state index contributed by atoms with van der Waals surface area (Å²) in [6.07, 6.45) is 14.5. The maximum atomic E-state index is 9.62. The van der Waals surface area contributed by atoms with Gasteiger partial charge in [0.2, 0.25) is 0 Å². The molecule has 0 radical (unpaired) electrons. The van der Waals surface area contributed by atoms with Crippen LogP contribution in [-0.2, 0) is 6.42 Å². The fourth-order valence-corrected chi connectivity index (χ4v) is 4.37. The molecule has 1 aromatic rings. The number of rotatable bonds is 9. The third kappa shape index (κ3) is 6.60. The van der Waals surface area contributed by atoms with Crippen molar-refractivity contribution < 1.29 is 0 Å². The molecule has 0 aliphatic heterocycles. The molecule has 1 aliphatic rings. The van der Waals surface area contributed by atoms with E-state index in [-0.39, 0.29) is 5.92 Å². The summed E-state index contributed by atoms with van der Waals surface area (Å²) < 4.78 is 1.11. The third-order valence-corrected chi connectivity index (χ3v) is 6.24. The highest BCUT2D eigenvalue weighted by Crippen LogP contribution is 2.37. The SMILES string of the molecule is CCCCCCC[C@H]1CC[C@H](C(C#N)Cc2ccc(Br)cc2)CC1. The molecule has 1 aliphatic carbocycles. The minimum absolute atomic E-state index is 0.191. The van der Waals surface area contributed by atoms with E-state index in [9.17, 15) is 5.26 Å². The molecule has 0 amide bonds. The van der Waals surface area contributed by atoms with Crippen molar-refractivity contribution in [2.75, 3.05) is 0 Å². The Morgan fingerprint density at radius 1 is 1.04 bits per heavy atom. The lowest BCUT2D eigenvalue weighted by Crippen LogP contribution is -2.22. The van der Waals surface area contributed by atoms with Crippen LogP contribution in [0.4, 0.5) is 0 Å². The van der Waals surface area contributed by atoms with Crippen molar-refractivity contribution in [1.82, 2.24) is 0 Å². The summed E-state index contributed by atoms with van der Waals surface area (Å²) in [5, 5.41) is 9.62. The fourth-order valence-electron chi connectivity index (χ4n) is 4.11. The topological polar surface area (TPSA) is 23.8 Å². The molecule has 132 valence electrons. The number of unbranched alkanes of at least 4 members (excludes halogenated alkanes) is 4. The highest BCUT2D eigenvalue weighted by molar-refractivity contribution is 9.10. The minimum Gasteiger partial charge on any atom is -0.198 e. The second-order valence-electron chi connectivity index (χ2n) is 7.55. The van der Waals surface area contributed by atoms with Gasteiger partial charge in [0, 0.05) is 4.47 Å². The smallest absolute Gasteiger partial charge is 0.0662 e. The highest BCUT2D eigenvalue weighted by atomic mass is 79.9. The number of halogens is 1. The van der Waals surface area contributed by atoms with Gasteiger partial charge in [-0.05, 0) is 48.8 Å². The van der Waals surface area contributed by atoms with E-state index < -0.39 is 0 Å². The average Bonchev–Trinajstić information content (AvgIpc) is 2.62. The van der Waals surface area contributed by atoms with Crippen molar-refractivity contribution in [2.24, 2.45) is 17.8 Å².